The van der Waals surface area contributed by atoms with Gasteiger partial charge in [-0.15, -0.1) is 0 Å². The van der Waals surface area contributed by atoms with Crippen LogP contribution in [0.1, 0.15) is 65.6 Å². The lowest BCUT2D eigenvalue weighted by molar-refractivity contribution is -0.150. The van der Waals surface area contributed by atoms with Crippen LogP contribution in [-0.4, -0.2) is 37.9 Å². The molecular weight excluding hydrogens is 576 g/mol. The predicted molar refractivity (Wildman–Crippen MR) is 160 cm³/mol. The number of allylic oxidation sites excluding steroid dienone is 1. The number of benzene rings is 2. The summed E-state index contributed by atoms with van der Waals surface area (Å²) in [6.07, 6.45) is 0. The number of ether oxygens (including phenoxy) is 2. The summed E-state index contributed by atoms with van der Waals surface area (Å²) < 4.78 is 18.8. The lowest BCUT2D eigenvalue weighted by Gasteiger charge is -2.38. The second-order valence-electron chi connectivity index (χ2n) is 12.4. The monoisotopic (exact) mass is 616 g/mol. The van der Waals surface area contributed by atoms with Gasteiger partial charge in [-0.1, -0.05) is 51.1 Å². The van der Waals surface area contributed by atoms with Crippen molar-refractivity contribution in [2.75, 3.05) is 7.11 Å². The normalized spacial score (nSPS) is 16.6. The molecule has 0 radical (unpaired) electrons. The quantitative estimate of drug-likeness (QED) is 0.254. The van der Waals surface area contributed by atoms with Gasteiger partial charge in [-0.3, -0.25) is 4.90 Å². The molecule has 7 nitrogen and oxygen atoms in total. The van der Waals surface area contributed by atoms with Gasteiger partial charge in [0, 0.05) is 5.70 Å². The highest BCUT2D eigenvalue weighted by molar-refractivity contribution is 9.10. The molecule has 1 aliphatic heterocycles. The van der Waals surface area contributed by atoms with E-state index in [9.17, 15) is 9.59 Å². The second kappa shape index (κ2) is 11.4. The Labute approximate surface area is 242 Å². The van der Waals surface area contributed by atoms with E-state index in [1.165, 1.54) is 0 Å². The molecule has 0 aromatic heterocycles. The van der Waals surface area contributed by atoms with Crippen molar-refractivity contribution < 1.29 is 23.5 Å². The van der Waals surface area contributed by atoms with Gasteiger partial charge >= 0.3 is 12.0 Å². The van der Waals surface area contributed by atoms with Gasteiger partial charge in [0.15, 0.2) is 11.5 Å². The van der Waals surface area contributed by atoms with Gasteiger partial charge in [0.1, 0.15) is 5.60 Å². The highest BCUT2D eigenvalue weighted by Crippen LogP contribution is 2.45. The molecule has 9 heteroatoms. The number of nitrogens with zero attached hydrogens (tertiary/aromatic N) is 1. The van der Waals surface area contributed by atoms with Crippen LogP contribution in [0.4, 0.5) is 4.79 Å². The number of halogens is 1. The van der Waals surface area contributed by atoms with Crippen molar-refractivity contribution >= 4 is 36.2 Å². The molecule has 1 N–H and O–H groups in total. The number of hydrogen-bond acceptors (Lipinski definition) is 5. The summed E-state index contributed by atoms with van der Waals surface area (Å²) in [4.78, 5) is 28.6. The zero-order valence-corrected chi connectivity index (χ0v) is 27.3. The summed E-state index contributed by atoms with van der Waals surface area (Å²) in [7, 11) is -0.594. The molecule has 0 bridgehead atoms. The first-order valence-electron chi connectivity index (χ1n) is 13.1. The van der Waals surface area contributed by atoms with Gasteiger partial charge in [0.05, 0.1) is 29.7 Å². The summed E-state index contributed by atoms with van der Waals surface area (Å²) in [6.45, 7) is 18.4. The third-order valence-electron chi connectivity index (χ3n) is 7.15. The van der Waals surface area contributed by atoms with E-state index in [1.54, 1.807) is 18.9 Å². The van der Waals surface area contributed by atoms with Gasteiger partial charge in [-0.2, -0.15) is 0 Å². The fourth-order valence-electron chi connectivity index (χ4n) is 4.00. The Morgan fingerprint density at radius 2 is 1.69 bits per heavy atom. The molecule has 1 aliphatic rings. The third-order valence-corrected chi connectivity index (χ3v) is 12.1. The molecular formula is C30H41BrN2O5Si. The van der Waals surface area contributed by atoms with Crippen LogP contribution in [-0.2, 0) is 16.1 Å². The standard InChI is InChI=1S/C30H41BrN2O5Si/c1-19-24(27(34)37-29(2,3)4)25(32-28(35)33(19)18-20-14-12-11-13-15-20)21-16-22(31)26(23(17-21)36-8)38-39(9,10)30(5,6)7/h11-17,25H,18H2,1-10H3,(H,32,35). The summed E-state index contributed by atoms with van der Waals surface area (Å²) in [6, 6.07) is 12.3. The summed E-state index contributed by atoms with van der Waals surface area (Å²) in [5, 5.41) is 3.03. The number of hydrogen-bond donors (Lipinski definition) is 1. The van der Waals surface area contributed by atoms with E-state index in [0.29, 0.717) is 39.4 Å². The molecule has 39 heavy (non-hydrogen) atoms. The number of carbonyl (C=O) groups excluding carboxylic acids is 2. The van der Waals surface area contributed by atoms with Gasteiger partial charge < -0.3 is 19.2 Å². The molecule has 0 saturated carbocycles. The highest BCUT2D eigenvalue weighted by atomic mass is 79.9. The van der Waals surface area contributed by atoms with Crippen molar-refractivity contribution in [3.63, 3.8) is 0 Å². The van der Waals surface area contributed by atoms with E-state index in [4.69, 9.17) is 13.9 Å². The maximum absolute atomic E-state index is 13.6. The summed E-state index contributed by atoms with van der Waals surface area (Å²) in [5.74, 6) is 0.645. The largest absolute Gasteiger partial charge is 0.540 e. The number of esters is 1. The molecule has 0 aliphatic carbocycles. The maximum Gasteiger partial charge on any atom is 0.338 e. The predicted octanol–water partition coefficient (Wildman–Crippen LogP) is 7.72. The van der Waals surface area contributed by atoms with E-state index in [1.807, 2.05) is 63.2 Å². The Bertz CT molecular complexity index is 1260. The number of rotatable bonds is 7. The average molecular weight is 618 g/mol. The minimum atomic E-state index is -2.18. The minimum Gasteiger partial charge on any atom is -0.540 e. The first-order chi connectivity index (χ1) is 17.9. The molecule has 0 saturated heterocycles. The number of nitrogens with one attached hydrogen (secondary N) is 1. The van der Waals surface area contributed by atoms with Crippen molar-refractivity contribution in [3.8, 4) is 11.5 Å². The molecule has 2 amide bonds. The van der Waals surface area contributed by atoms with Crippen molar-refractivity contribution in [2.24, 2.45) is 0 Å². The second-order valence-corrected chi connectivity index (χ2v) is 17.9. The van der Waals surface area contributed by atoms with Crippen molar-refractivity contribution in [1.29, 1.82) is 0 Å². The van der Waals surface area contributed by atoms with Crippen LogP contribution in [0.15, 0.2) is 58.2 Å². The van der Waals surface area contributed by atoms with Gasteiger partial charge in [0.25, 0.3) is 8.32 Å². The van der Waals surface area contributed by atoms with Crippen LogP contribution in [0.3, 0.4) is 0 Å². The van der Waals surface area contributed by atoms with E-state index < -0.39 is 25.9 Å². The molecule has 1 heterocycles. The van der Waals surface area contributed by atoms with E-state index in [2.05, 4.69) is 55.1 Å². The maximum atomic E-state index is 13.6. The topological polar surface area (TPSA) is 77.1 Å². The Morgan fingerprint density at radius 1 is 1.08 bits per heavy atom. The Hall–Kier alpha value is -2.78. The van der Waals surface area contributed by atoms with Crippen molar-refractivity contribution in [3.05, 3.63) is 69.3 Å². The number of amides is 2. The van der Waals surface area contributed by atoms with Crippen LogP contribution in [0.2, 0.25) is 18.1 Å². The van der Waals surface area contributed by atoms with Crippen molar-refractivity contribution in [1.82, 2.24) is 10.2 Å². The number of carbonyl (C=O) groups is 2. The summed E-state index contributed by atoms with van der Waals surface area (Å²) >= 11 is 3.68. The molecule has 212 valence electrons. The average Bonchev–Trinajstić information content (AvgIpc) is 2.81. The third kappa shape index (κ3) is 7.05. The number of urea groups is 1. The molecule has 2 aromatic rings. The SMILES string of the molecule is COc1cc(C2NC(=O)N(Cc3ccccc3)C(C)=C2C(=O)OC(C)(C)C)cc(Br)c1O[Si](C)(C)C(C)(C)C. The smallest absolute Gasteiger partial charge is 0.338 e. The molecule has 0 spiro atoms. The Balaban J connectivity index is 2.12. The van der Waals surface area contributed by atoms with Gasteiger partial charge in [-0.25, -0.2) is 9.59 Å². The van der Waals surface area contributed by atoms with Crippen molar-refractivity contribution in [2.45, 2.75) is 84.8 Å². The lowest BCUT2D eigenvalue weighted by atomic mass is 9.94. The van der Waals surface area contributed by atoms with E-state index in [-0.39, 0.29) is 11.1 Å². The first kappa shape index (κ1) is 30.8. The van der Waals surface area contributed by atoms with Crippen LogP contribution in [0, 0.1) is 0 Å². The molecule has 1 atom stereocenters. The van der Waals surface area contributed by atoms with Gasteiger partial charge in [0.2, 0.25) is 0 Å². The Kier molecular flexibility index (Phi) is 8.97. The Morgan fingerprint density at radius 3 is 2.23 bits per heavy atom. The molecule has 3 rings (SSSR count). The highest BCUT2D eigenvalue weighted by Gasteiger charge is 2.41. The fraction of sp³-hybridized carbons (Fsp3) is 0.467. The molecule has 1 unspecified atom stereocenters. The lowest BCUT2D eigenvalue weighted by Crippen LogP contribution is -2.48. The zero-order valence-electron chi connectivity index (χ0n) is 24.7. The zero-order chi connectivity index (χ0) is 29.3. The van der Waals surface area contributed by atoms with Crippen LogP contribution < -0.4 is 14.5 Å². The van der Waals surface area contributed by atoms with E-state index >= 15 is 0 Å². The fourth-order valence-corrected chi connectivity index (χ4v) is 5.72. The van der Waals surface area contributed by atoms with Crippen LogP contribution >= 0.6 is 15.9 Å². The molecule has 2 aromatic carbocycles. The minimum absolute atomic E-state index is 0.0145. The van der Waals surface area contributed by atoms with Crippen LogP contribution in [0.25, 0.3) is 0 Å². The first-order valence-corrected chi connectivity index (χ1v) is 16.8. The van der Waals surface area contributed by atoms with E-state index in [0.717, 1.165) is 5.56 Å². The number of methoxy groups -OCH3 is 1. The summed E-state index contributed by atoms with van der Waals surface area (Å²) in [5.41, 5.74) is 1.82. The van der Waals surface area contributed by atoms with Crippen LogP contribution in [0.5, 0.6) is 11.5 Å². The molecule has 0 fully saturated rings. The van der Waals surface area contributed by atoms with Gasteiger partial charge in [-0.05, 0) is 85.0 Å².